The molecule has 102 valence electrons. The Morgan fingerprint density at radius 1 is 1.20 bits per heavy atom. The van der Waals surface area contributed by atoms with Gasteiger partial charge in [0, 0.05) is 17.8 Å². The maximum Gasteiger partial charge on any atom is 0.143 e. The standard InChI is InChI=1S/C15H14FN3O/c16-10-5-6-12(17)11(9-10)15-18-13-3-1-2-4-14(13)19(15)7-8-20/h1-6,9,20H,7-8,17H2. The summed E-state index contributed by atoms with van der Waals surface area (Å²) in [5, 5.41) is 9.24. The zero-order valence-corrected chi connectivity index (χ0v) is 10.8. The number of nitrogen functional groups attached to an aromatic ring is 1. The first-order valence-electron chi connectivity index (χ1n) is 6.32. The van der Waals surface area contributed by atoms with Crippen LogP contribution in [0.2, 0.25) is 0 Å². The number of para-hydroxylation sites is 2. The Kier molecular flexibility index (Phi) is 3.12. The molecule has 0 aliphatic heterocycles. The lowest BCUT2D eigenvalue weighted by Crippen LogP contribution is -2.05. The molecule has 3 aromatic rings. The molecule has 0 amide bonds. The highest BCUT2D eigenvalue weighted by Gasteiger charge is 2.14. The van der Waals surface area contributed by atoms with Gasteiger partial charge < -0.3 is 15.4 Å². The average molecular weight is 271 g/mol. The van der Waals surface area contributed by atoms with E-state index < -0.39 is 0 Å². The predicted molar refractivity (Wildman–Crippen MR) is 76.6 cm³/mol. The number of imidazole rings is 1. The minimum absolute atomic E-state index is 0.0252. The van der Waals surface area contributed by atoms with Gasteiger partial charge in [-0.1, -0.05) is 12.1 Å². The molecular weight excluding hydrogens is 257 g/mol. The van der Waals surface area contributed by atoms with Crippen LogP contribution in [0.4, 0.5) is 10.1 Å². The van der Waals surface area contributed by atoms with Gasteiger partial charge in [0.2, 0.25) is 0 Å². The van der Waals surface area contributed by atoms with Crippen molar-refractivity contribution in [2.24, 2.45) is 0 Å². The van der Waals surface area contributed by atoms with Crippen molar-refractivity contribution in [3.8, 4) is 11.4 Å². The lowest BCUT2D eigenvalue weighted by Gasteiger charge is -2.09. The van der Waals surface area contributed by atoms with Crippen LogP contribution in [0.1, 0.15) is 0 Å². The Labute approximate surface area is 115 Å². The summed E-state index contributed by atoms with van der Waals surface area (Å²) in [6.07, 6.45) is 0. The first-order chi connectivity index (χ1) is 9.70. The first kappa shape index (κ1) is 12.6. The third-order valence-corrected chi connectivity index (χ3v) is 3.23. The summed E-state index contributed by atoms with van der Waals surface area (Å²) < 4.78 is 15.3. The van der Waals surface area contributed by atoms with E-state index in [4.69, 9.17) is 5.73 Å². The van der Waals surface area contributed by atoms with E-state index in [0.29, 0.717) is 23.6 Å². The van der Waals surface area contributed by atoms with E-state index in [1.807, 2.05) is 28.8 Å². The molecular formula is C15H14FN3O. The zero-order chi connectivity index (χ0) is 14.1. The molecule has 2 aromatic carbocycles. The second-order valence-corrected chi connectivity index (χ2v) is 4.53. The monoisotopic (exact) mass is 271 g/mol. The van der Waals surface area contributed by atoms with Gasteiger partial charge in [0.05, 0.1) is 17.6 Å². The molecule has 0 aliphatic rings. The second-order valence-electron chi connectivity index (χ2n) is 4.53. The smallest absolute Gasteiger partial charge is 0.143 e. The van der Waals surface area contributed by atoms with Crippen LogP contribution in [0.15, 0.2) is 42.5 Å². The number of aliphatic hydroxyl groups is 1. The maximum atomic E-state index is 13.5. The average Bonchev–Trinajstić information content (AvgIpc) is 2.81. The zero-order valence-electron chi connectivity index (χ0n) is 10.8. The summed E-state index contributed by atoms with van der Waals surface area (Å²) in [6, 6.07) is 11.8. The van der Waals surface area contributed by atoms with Gasteiger partial charge in [-0.15, -0.1) is 0 Å². The van der Waals surface area contributed by atoms with Crippen molar-refractivity contribution in [1.82, 2.24) is 9.55 Å². The van der Waals surface area contributed by atoms with Crippen LogP contribution in [0.25, 0.3) is 22.4 Å². The van der Waals surface area contributed by atoms with E-state index in [1.54, 1.807) is 0 Å². The van der Waals surface area contributed by atoms with E-state index in [1.165, 1.54) is 18.2 Å². The highest BCUT2D eigenvalue weighted by molar-refractivity contribution is 5.83. The summed E-state index contributed by atoms with van der Waals surface area (Å²) in [5.41, 5.74) is 8.60. The molecule has 20 heavy (non-hydrogen) atoms. The minimum atomic E-state index is -0.364. The summed E-state index contributed by atoms with van der Waals surface area (Å²) in [5.74, 6) is 0.203. The van der Waals surface area contributed by atoms with E-state index >= 15 is 0 Å². The fourth-order valence-corrected chi connectivity index (χ4v) is 2.33. The number of aliphatic hydroxyl groups excluding tert-OH is 1. The van der Waals surface area contributed by atoms with Crippen molar-refractivity contribution in [3.05, 3.63) is 48.3 Å². The normalized spacial score (nSPS) is 11.1. The van der Waals surface area contributed by atoms with Gasteiger partial charge in [0.1, 0.15) is 11.6 Å². The number of nitrogens with zero attached hydrogens (tertiary/aromatic N) is 2. The molecule has 4 nitrogen and oxygen atoms in total. The molecule has 0 fully saturated rings. The molecule has 0 atom stereocenters. The molecule has 0 spiro atoms. The quantitative estimate of drug-likeness (QED) is 0.719. The van der Waals surface area contributed by atoms with Gasteiger partial charge in [-0.25, -0.2) is 9.37 Å². The van der Waals surface area contributed by atoms with Crippen LogP contribution in [-0.4, -0.2) is 21.3 Å². The van der Waals surface area contributed by atoms with Crippen molar-refractivity contribution in [3.63, 3.8) is 0 Å². The molecule has 1 heterocycles. The maximum absolute atomic E-state index is 13.5. The Morgan fingerprint density at radius 2 is 2.00 bits per heavy atom. The van der Waals surface area contributed by atoms with Gasteiger partial charge in [0.15, 0.2) is 0 Å². The third-order valence-electron chi connectivity index (χ3n) is 3.23. The van der Waals surface area contributed by atoms with Crippen LogP contribution in [0.3, 0.4) is 0 Å². The van der Waals surface area contributed by atoms with Gasteiger partial charge in [-0.05, 0) is 30.3 Å². The predicted octanol–water partition coefficient (Wildman–Crippen LogP) is 2.42. The second kappa shape index (κ2) is 4.94. The Bertz CT molecular complexity index is 767. The van der Waals surface area contributed by atoms with Gasteiger partial charge in [-0.3, -0.25) is 0 Å². The molecule has 0 aliphatic carbocycles. The summed E-state index contributed by atoms with van der Waals surface area (Å²) >= 11 is 0. The lowest BCUT2D eigenvalue weighted by molar-refractivity contribution is 0.278. The molecule has 0 saturated heterocycles. The Hall–Kier alpha value is -2.40. The molecule has 1 aromatic heterocycles. The largest absolute Gasteiger partial charge is 0.398 e. The molecule has 3 N–H and O–H groups in total. The summed E-state index contributed by atoms with van der Waals surface area (Å²) in [4.78, 5) is 4.51. The minimum Gasteiger partial charge on any atom is -0.398 e. The third kappa shape index (κ3) is 2.02. The van der Waals surface area contributed by atoms with E-state index in [2.05, 4.69) is 4.98 Å². The number of anilines is 1. The van der Waals surface area contributed by atoms with Crippen LogP contribution >= 0.6 is 0 Å². The van der Waals surface area contributed by atoms with Crippen LogP contribution in [0.5, 0.6) is 0 Å². The van der Waals surface area contributed by atoms with Crippen molar-refractivity contribution in [1.29, 1.82) is 0 Å². The van der Waals surface area contributed by atoms with Crippen molar-refractivity contribution < 1.29 is 9.50 Å². The van der Waals surface area contributed by atoms with Gasteiger partial charge >= 0.3 is 0 Å². The van der Waals surface area contributed by atoms with Crippen LogP contribution in [0, 0.1) is 5.82 Å². The van der Waals surface area contributed by atoms with Crippen molar-refractivity contribution in [2.75, 3.05) is 12.3 Å². The van der Waals surface area contributed by atoms with Crippen LogP contribution < -0.4 is 5.73 Å². The van der Waals surface area contributed by atoms with Gasteiger partial charge in [-0.2, -0.15) is 0 Å². The van der Waals surface area contributed by atoms with E-state index in [0.717, 1.165) is 11.0 Å². The van der Waals surface area contributed by atoms with Crippen molar-refractivity contribution in [2.45, 2.75) is 6.54 Å². The number of rotatable bonds is 3. The van der Waals surface area contributed by atoms with Crippen LogP contribution in [-0.2, 0) is 6.54 Å². The molecule has 3 rings (SSSR count). The van der Waals surface area contributed by atoms with E-state index in [9.17, 15) is 9.50 Å². The molecule has 5 heteroatoms. The topological polar surface area (TPSA) is 64.1 Å². The highest BCUT2D eigenvalue weighted by Crippen LogP contribution is 2.29. The molecule has 0 unspecified atom stereocenters. The lowest BCUT2D eigenvalue weighted by atomic mass is 10.1. The highest BCUT2D eigenvalue weighted by atomic mass is 19.1. The number of benzene rings is 2. The number of hydrogen-bond donors (Lipinski definition) is 2. The fourth-order valence-electron chi connectivity index (χ4n) is 2.33. The number of halogens is 1. The summed E-state index contributed by atoms with van der Waals surface area (Å²) in [7, 11) is 0. The van der Waals surface area contributed by atoms with E-state index in [-0.39, 0.29) is 12.4 Å². The van der Waals surface area contributed by atoms with Crippen molar-refractivity contribution >= 4 is 16.7 Å². The Balaban J connectivity index is 2.29. The number of hydrogen-bond acceptors (Lipinski definition) is 3. The summed E-state index contributed by atoms with van der Waals surface area (Å²) in [6.45, 7) is 0.356. The Morgan fingerprint density at radius 3 is 2.80 bits per heavy atom. The molecule has 0 radical (unpaired) electrons. The first-order valence-corrected chi connectivity index (χ1v) is 6.32. The molecule has 0 bridgehead atoms. The number of nitrogens with two attached hydrogens (primary N) is 1. The number of aromatic nitrogens is 2. The SMILES string of the molecule is Nc1ccc(F)cc1-c1nc2ccccc2n1CCO. The fraction of sp³-hybridized carbons (Fsp3) is 0.133. The molecule has 0 saturated carbocycles. The number of fused-ring (bicyclic) bond motifs is 1. The van der Waals surface area contributed by atoms with Gasteiger partial charge in [0.25, 0.3) is 0 Å².